The number of carbonyl (C=O) groups is 4. The first-order valence-electron chi connectivity index (χ1n) is 11.5. The fraction of sp³-hybridized carbons (Fsp3) is 0.111. The number of ether oxygens (including phenoxy) is 2. The van der Waals surface area contributed by atoms with Gasteiger partial charge in [0.2, 0.25) is 0 Å². The molecule has 0 atom stereocenters. The van der Waals surface area contributed by atoms with Gasteiger partial charge >= 0.3 is 6.03 Å². The van der Waals surface area contributed by atoms with E-state index in [1.807, 2.05) is 0 Å². The number of amides is 5. The Hall–Kier alpha value is -4.35. The van der Waals surface area contributed by atoms with Gasteiger partial charge in [-0.15, -0.1) is 0 Å². The molecule has 0 saturated carbocycles. The maximum atomic E-state index is 13.1. The molecule has 0 unspecified atom stereocenters. The Bertz CT molecular complexity index is 1490. The molecular weight excluding hydrogens is 594 g/mol. The number of barbiturate groups is 1. The molecule has 1 saturated heterocycles. The third-order valence-electron chi connectivity index (χ3n) is 5.35. The SMILES string of the molecule is CCOc1cc(/C=C2/C(=O)NC(=O)N(c3ccc(O)cc3)C2=O)cc(Br)c1OCC(=O)Nc1ccccc1Cl. The Balaban J connectivity index is 1.58. The van der Waals surface area contributed by atoms with Crippen molar-refractivity contribution in [1.82, 2.24) is 5.32 Å². The summed E-state index contributed by atoms with van der Waals surface area (Å²) in [4.78, 5) is 51.3. The van der Waals surface area contributed by atoms with Gasteiger partial charge in [0.15, 0.2) is 18.1 Å². The summed E-state index contributed by atoms with van der Waals surface area (Å²) in [6.45, 7) is 1.66. The van der Waals surface area contributed by atoms with E-state index < -0.39 is 23.8 Å². The number of hydrogen-bond acceptors (Lipinski definition) is 7. The molecule has 0 aromatic heterocycles. The van der Waals surface area contributed by atoms with Crippen LogP contribution < -0.4 is 25.0 Å². The van der Waals surface area contributed by atoms with Crippen LogP contribution in [0.4, 0.5) is 16.2 Å². The Morgan fingerprint density at radius 2 is 1.82 bits per heavy atom. The third kappa shape index (κ3) is 6.39. The van der Waals surface area contributed by atoms with Gasteiger partial charge < -0.3 is 19.9 Å². The molecule has 1 fully saturated rings. The van der Waals surface area contributed by atoms with E-state index in [9.17, 15) is 24.3 Å². The summed E-state index contributed by atoms with van der Waals surface area (Å²) >= 11 is 9.48. The van der Waals surface area contributed by atoms with Crippen molar-refractivity contribution in [2.45, 2.75) is 6.92 Å². The minimum absolute atomic E-state index is 0.0487. The van der Waals surface area contributed by atoms with E-state index in [4.69, 9.17) is 21.1 Å². The number of aromatic hydroxyl groups is 1. The molecule has 3 aromatic rings. The number of carbonyl (C=O) groups excluding carboxylic acids is 4. The Morgan fingerprint density at radius 1 is 1.10 bits per heavy atom. The lowest BCUT2D eigenvalue weighted by molar-refractivity contribution is -0.122. The zero-order chi connectivity index (χ0) is 28.1. The topological polar surface area (TPSA) is 134 Å². The summed E-state index contributed by atoms with van der Waals surface area (Å²) in [5.74, 6) is -1.74. The number of hydrogen-bond donors (Lipinski definition) is 3. The predicted octanol–water partition coefficient (Wildman–Crippen LogP) is 4.89. The van der Waals surface area contributed by atoms with Crippen LogP contribution in [-0.2, 0) is 14.4 Å². The zero-order valence-electron chi connectivity index (χ0n) is 20.4. The van der Waals surface area contributed by atoms with E-state index in [1.165, 1.54) is 36.4 Å². The molecule has 12 heteroatoms. The van der Waals surface area contributed by atoms with Crippen LogP contribution in [0.3, 0.4) is 0 Å². The maximum Gasteiger partial charge on any atom is 0.335 e. The van der Waals surface area contributed by atoms with Crippen LogP contribution in [-0.4, -0.2) is 42.1 Å². The highest BCUT2D eigenvalue weighted by atomic mass is 79.9. The van der Waals surface area contributed by atoms with Gasteiger partial charge in [-0.05, 0) is 83.0 Å². The predicted molar refractivity (Wildman–Crippen MR) is 148 cm³/mol. The summed E-state index contributed by atoms with van der Waals surface area (Å²) in [7, 11) is 0. The van der Waals surface area contributed by atoms with Crippen molar-refractivity contribution < 1.29 is 33.8 Å². The number of phenolic OH excluding ortho intramolecular Hbond substituents is 1. The molecule has 39 heavy (non-hydrogen) atoms. The second-order valence-corrected chi connectivity index (χ2v) is 9.32. The molecule has 3 N–H and O–H groups in total. The lowest BCUT2D eigenvalue weighted by Gasteiger charge is -2.26. The second-order valence-electron chi connectivity index (χ2n) is 8.05. The number of para-hydroxylation sites is 1. The lowest BCUT2D eigenvalue weighted by Crippen LogP contribution is -2.54. The average Bonchev–Trinajstić information content (AvgIpc) is 2.88. The van der Waals surface area contributed by atoms with Crippen LogP contribution in [0.1, 0.15) is 12.5 Å². The van der Waals surface area contributed by atoms with E-state index in [-0.39, 0.29) is 41.7 Å². The summed E-state index contributed by atoms with van der Waals surface area (Å²) in [6.07, 6.45) is 1.30. The van der Waals surface area contributed by atoms with Gasteiger partial charge in [-0.1, -0.05) is 23.7 Å². The van der Waals surface area contributed by atoms with Crippen molar-refractivity contribution in [2.24, 2.45) is 0 Å². The van der Waals surface area contributed by atoms with Crippen LogP contribution in [0.25, 0.3) is 6.08 Å². The number of benzene rings is 3. The van der Waals surface area contributed by atoms with Gasteiger partial charge in [0.1, 0.15) is 11.3 Å². The normalized spacial score (nSPS) is 14.3. The maximum absolute atomic E-state index is 13.1. The molecule has 1 aliphatic heterocycles. The largest absolute Gasteiger partial charge is 0.508 e. The van der Waals surface area contributed by atoms with E-state index in [2.05, 4.69) is 26.6 Å². The molecule has 0 spiro atoms. The molecule has 4 rings (SSSR count). The highest BCUT2D eigenvalue weighted by Crippen LogP contribution is 2.38. The van der Waals surface area contributed by atoms with Crippen molar-refractivity contribution in [2.75, 3.05) is 23.4 Å². The number of urea groups is 1. The van der Waals surface area contributed by atoms with E-state index in [0.29, 0.717) is 20.7 Å². The van der Waals surface area contributed by atoms with Gasteiger partial charge in [-0.2, -0.15) is 0 Å². The van der Waals surface area contributed by atoms with Gasteiger partial charge in [0.25, 0.3) is 17.7 Å². The highest BCUT2D eigenvalue weighted by molar-refractivity contribution is 9.10. The summed E-state index contributed by atoms with van der Waals surface area (Å²) in [5.41, 5.74) is 0.694. The molecular formula is C27H21BrClN3O7. The molecule has 200 valence electrons. The molecule has 3 aromatic carbocycles. The van der Waals surface area contributed by atoms with Gasteiger partial charge in [0.05, 0.1) is 27.5 Å². The van der Waals surface area contributed by atoms with E-state index in [0.717, 1.165) is 4.90 Å². The van der Waals surface area contributed by atoms with Crippen LogP contribution in [0.15, 0.2) is 70.7 Å². The number of imide groups is 2. The number of nitrogens with zero attached hydrogens (tertiary/aromatic N) is 1. The van der Waals surface area contributed by atoms with Crippen molar-refractivity contribution in [1.29, 1.82) is 0 Å². The first-order valence-corrected chi connectivity index (χ1v) is 12.7. The molecule has 10 nitrogen and oxygen atoms in total. The summed E-state index contributed by atoms with van der Waals surface area (Å²) < 4.78 is 11.8. The number of nitrogens with one attached hydrogen (secondary N) is 2. The average molecular weight is 615 g/mol. The zero-order valence-corrected chi connectivity index (χ0v) is 22.7. The van der Waals surface area contributed by atoms with E-state index in [1.54, 1.807) is 37.3 Å². The number of rotatable bonds is 8. The second kappa shape index (κ2) is 12.0. The molecule has 0 bridgehead atoms. The lowest BCUT2D eigenvalue weighted by atomic mass is 10.1. The number of halogens is 2. The van der Waals surface area contributed by atoms with Gasteiger partial charge in [-0.3, -0.25) is 19.7 Å². The van der Waals surface area contributed by atoms with Crippen LogP contribution in [0, 0.1) is 0 Å². The standard InChI is InChI=1S/C27H21BrClN3O7/c1-2-38-22-13-15(12-19(28)24(22)39-14-23(34)30-21-6-4-3-5-20(21)29)11-18-25(35)31-27(37)32(26(18)36)16-7-9-17(33)10-8-16/h3-13,33H,2,14H2,1H3,(H,30,34)(H,31,35,37)/b18-11-. The first-order chi connectivity index (χ1) is 18.7. The Morgan fingerprint density at radius 3 is 2.51 bits per heavy atom. The van der Waals surface area contributed by atoms with Crippen molar-refractivity contribution >= 4 is 68.7 Å². The minimum Gasteiger partial charge on any atom is -0.508 e. The van der Waals surface area contributed by atoms with Crippen molar-refractivity contribution in [3.05, 3.63) is 81.3 Å². The summed E-state index contributed by atoms with van der Waals surface area (Å²) in [5, 5.41) is 14.7. The Labute approximate surface area is 236 Å². The monoisotopic (exact) mass is 613 g/mol. The smallest absolute Gasteiger partial charge is 0.335 e. The fourth-order valence-corrected chi connectivity index (χ4v) is 4.38. The fourth-order valence-electron chi connectivity index (χ4n) is 3.62. The molecule has 1 heterocycles. The van der Waals surface area contributed by atoms with Crippen LogP contribution in [0.2, 0.25) is 5.02 Å². The number of anilines is 2. The van der Waals surface area contributed by atoms with Crippen LogP contribution >= 0.6 is 27.5 Å². The molecule has 0 aliphatic carbocycles. The molecule has 5 amide bonds. The van der Waals surface area contributed by atoms with E-state index >= 15 is 0 Å². The van der Waals surface area contributed by atoms with Crippen molar-refractivity contribution in [3.63, 3.8) is 0 Å². The quantitative estimate of drug-likeness (QED) is 0.243. The van der Waals surface area contributed by atoms with Crippen LogP contribution in [0.5, 0.6) is 17.2 Å². The third-order valence-corrected chi connectivity index (χ3v) is 6.27. The van der Waals surface area contributed by atoms with Crippen molar-refractivity contribution in [3.8, 4) is 17.2 Å². The molecule has 0 radical (unpaired) electrons. The van der Waals surface area contributed by atoms with Gasteiger partial charge in [0, 0.05) is 0 Å². The Kier molecular flexibility index (Phi) is 8.52. The number of phenols is 1. The summed E-state index contributed by atoms with van der Waals surface area (Å²) in [6, 6.07) is 14.3. The van der Waals surface area contributed by atoms with Gasteiger partial charge in [-0.25, -0.2) is 9.69 Å². The first kappa shape index (κ1) is 27.7. The minimum atomic E-state index is -0.914. The highest BCUT2D eigenvalue weighted by Gasteiger charge is 2.37. The molecule has 1 aliphatic rings.